The summed E-state index contributed by atoms with van der Waals surface area (Å²) in [5, 5.41) is 0. The fourth-order valence-electron chi connectivity index (χ4n) is 3.74. The molecule has 2 nitrogen and oxygen atoms in total. The molecular formula is C17H25FN2. The standard InChI is InChI=1S/C17H25FN2/c1-3-14-11-19-9-5-4-6-15(19)12-20(14)17-10-13(2)7-8-16(17)18/h7-8,10,14-15H,3-6,9,11-12H2,1-2H3. The second-order valence-electron chi connectivity index (χ2n) is 6.31. The van der Waals surface area contributed by atoms with Gasteiger partial charge in [0, 0.05) is 25.2 Å². The van der Waals surface area contributed by atoms with Crippen molar-refractivity contribution in [3.63, 3.8) is 0 Å². The molecule has 0 bridgehead atoms. The van der Waals surface area contributed by atoms with Crippen molar-refractivity contribution in [3.05, 3.63) is 29.6 Å². The van der Waals surface area contributed by atoms with Crippen molar-refractivity contribution in [1.29, 1.82) is 0 Å². The average molecular weight is 276 g/mol. The van der Waals surface area contributed by atoms with Crippen LogP contribution in [-0.4, -0.2) is 36.6 Å². The summed E-state index contributed by atoms with van der Waals surface area (Å²) in [4.78, 5) is 4.96. The number of nitrogens with zero attached hydrogens (tertiary/aromatic N) is 2. The van der Waals surface area contributed by atoms with Crippen LogP contribution in [0.4, 0.5) is 10.1 Å². The highest BCUT2D eigenvalue weighted by atomic mass is 19.1. The molecule has 0 aliphatic carbocycles. The number of anilines is 1. The highest BCUT2D eigenvalue weighted by molar-refractivity contribution is 5.51. The van der Waals surface area contributed by atoms with Crippen LogP contribution in [0.25, 0.3) is 0 Å². The molecule has 2 fully saturated rings. The molecule has 0 radical (unpaired) electrons. The van der Waals surface area contributed by atoms with Crippen LogP contribution in [0.2, 0.25) is 0 Å². The molecule has 110 valence electrons. The second-order valence-corrected chi connectivity index (χ2v) is 6.31. The third kappa shape index (κ3) is 2.56. The van der Waals surface area contributed by atoms with E-state index in [1.54, 1.807) is 6.07 Å². The lowest BCUT2D eigenvalue weighted by Gasteiger charge is -2.49. The molecule has 2 heterocycles. The molecule has 2 unspecified atom stereocenters. The minimum Gasteiger partial charge on any atom is -0.363 e. The van der Waals surface area contributed by atoms with Gasteiger partial charge in [0.15, 0.2) is 0 Å². The minimum absolute atomic E-state index is 0.0710. The molecule has 1 aromatic rings. The zero-order valence-corrected chi connectivity index (χ0v) is 12.6. The van der Waals surface area contributed by atoms with E-state index in [0.717, 1.165) is 30.8 Å². The van der Waals surface area contributed by atoms with Crippen LogP contribution in [0.15, 0.2) is 18.2 Å². The van der Waals surface area contributed by atoms with Gasteiger partial charge in [0.1, 0.15) is 5.82 Å². The minimum atomic E-state index is -0.0710. The van der Waals surface area contributed by atoms with Crippen LogP contribution in [-0.2, 0) is 0 Å². The average Bonchev–Trinajstić information content (AvgIpc) is 2.48. The zero-order chi connectivity index (χ0) is 14.1. The van der Waals surface area contributed by atoms with Crippen molar-refractivity contribution < 1.29 is 4.39 Å². The normalized spacial score (nSPS) is 27.4. The highest BCUT2D eigenvalue weighted by Crippen LogP contribution is 2.31. The fourth-order valence-corrected chi connectivity index (χ4v) is 3.74. The number of benzene rings is 1. The molecule has 2 saturated heterocycles. The van der Waals surface area contributed by atoms with Crippen molar-refractivity contribution >= 4 is 5.69 Å². The first-order valence-electron chi connectivity index (χ1n) is 7.96. The molecule has 2 atom stereocenters. The first-order valence-corrected chi connectivity index (χ1v) is 7.96. The van der Waals surface area contributed by atoms with Crippen molar-refractivity contribution in [2.45, 2.75) is 51.6 Å². The van der Waals surface area contributed by atoms with E-state index in [2.05, 4.69) is 16.7 Å². The highest BCUT2D eigenvalue weighted by Gasteiger charge is 2.35. The third-order valence-electron chi connectivity index (χ3n) is 4.92. The van der Waals surface area contributed by atoms with Gasteiger partial charge in [-0.3, -0.25) is 4.90 Å². The summed E-state index contributed by atoms with van der Waals surface area (Å²) < 4.78 is 14.2. The lowest BCUT2D eigenvalue weighted by Crippen LogP contribution is -2.59. The molecule has 2 aliphatic rings. The van der Waals surface area contributed by atoms with Gasteiger partial charge in [0.2, 0.25) is 0 Å². The van der Waals surface area contributed by atoms with Gasteiger partial charge in [-0.1, -0.05) is 19.4 Å². The number of hydrogen-bond acceptors (Lipinski definition) is 2. The van der Waals surface area contributed by atoms with Gasteiger partial charge >= 0.3 is 0 Å². The Kier molecular flexibility index (Phi) is 3.97. The van der Waals surface area contributed by atoms with Crippen LogP contribution in [0.5, 0.6) is 0 Å². The van der Waals surface area contributed by atoms with Crippen LogP contribution >= 0.6 is 0 Å². The van der Waals surface area contributed by atoms with Gasteiger partial charge in [0.05, 0.1) is 5.69 Å². The third-order valence-corrected chi connectivity index (χ3v) is 4.92. The number of piperazine rings is 1. The summed E-state index contributed by atoms with van der Waals surface area (Å²) in [5.74, 6) is -0.0710. The maximum atomic E-state index is 14.2. The second kappa shape index (κ2) is 5.72. The molecule has 1 aromatic carbocycles. The van der Waals surface area contributed by atoms with Gasteiger partial charge < -0.3 is 4.90 Å². The van der Waals surface area contributed by atoms with Gasteiger partial charge in [-0.05, 0) is 50.4 Å². The van der Waals surface area contributed by atoms with Gasteiger partial charge in [-0.15, -0.1) is 0 Å². The Morgan fingerprint density at radius 2 is 2.10 bits per heavy atom. The summed E-state index contributed by atoms with van der Waals surface area (Å²) in [7, 11) is 0. The van der Waals surface area contributed by atoms with Crippen molar-refractivity contribution in [1.82, 2.24) is 4.90 Å². The van der Waals surface area contributed by atoms with Gasteiger partial charge in [-0.2, -0.15) is 0 Å². The van der Waals surface area contributed by atoms with Gasteiger partial charge in [-0.25, -0.2) is 4.39 Å². The summed E-state index contributed by atoms with van der Waals surface area (Å²) >= 11 is 0. The Bertz CT molecular complexity index is 474. The summed E-state index contributed by atoms with van der Waals surface area (Å²) in [6.07, 6.45) is 4.99. The summed E-state index contributed by atoms with van der Waals surface area (Å²) in [6, 6.07) is 6.55. The first kappa shape index (κ1) is 13.9. The van der Waals surface area contributed by atoms with E-state index in [9.17, 15) is 4.39 Å². The molecule has 0 saturated carbocycles. The Morgan fingerprint density at radius 3 is 2.90 bits per heavy atom. The largest absolute Gasteiger partial charge is 0.363 e. The molecule has 0 aromatic heterocycles. The van der Waals surface area contributed by atoms with E-state index in [-0.39, 0.29) is 5.82 Å². The summed E-state index contributed by atoms with van der Waals surface area (Å²) in [6.45, 7) is 7.56. The van der Waals surface area contributed by atoms with Crippen LogP contribution < -0.4 is 4.90 Å². The number of halogens is 1. The van der Waals surface area contributed by atoms with E-state index in [1.165, 1.54) is 25.8 Å². The number of hydrogen-bond donors (Lipinski definition) is 0. The molecule has 0 N–H and O–H groups in total. The zero-order valence-electron chi connectivity index (χ0n) is 12.6. The van der Waals surface area contributed by atoms with E-state index in [1.807, 2.05) is 19.1 Å². The number of fused-ring (bicyclic) bond motifs is 1. The molecule has 3 rings (SSSR count). The molecular weight excluding hydrogens is 251 g/mol. The van der Waals surface area contributed by atoms with E-state index >= 15 is 0 Å². The molecule has 2 aliphatic heterocycles. The number of piperidine rings is 1. The Morgan fingerprint density at radius 1 is 1.25 bits per heavy atom. The van der Waals surface area contributed by atoms with Crippen molar-refractivity contribution in [2.24, 2.45) is 0 Å². The fraction of sp³-hybridized carbons (Fsp3) is 0.647. The predicted molar refractivity (Wildman–Crippen MR) is 81.8 cm³/mol. The Balaban J connectivity index is 1.88. The molecule has 0 amide bonds. The maximum absolute atomic E-state index is 14.2. The molecule has 0 spiro atoms. The lowest BCUT2D eigenvalue weighted by molar-refractivity contribution is 0.110. The van der Waals surface area contributed by atoms with E-state index < -0.39 is 0 Å². The number of rotatable bonds is 2. The van der Waals surface area contributed by atoms with Crippen molar-refractivity contribution in [2.75, 3.05) is 24.5 Å². The van der Waals surface area contributed by atoms with Crippen molar-refractivity contribution in [3.8, 4) is 0 Å². The van der Waals surface area contributed by atoms with Crippen LogP contribution in [0, 0.1) is 12.7 Å². The first-order chi connectivity index (χ1) is 9.69. The molecule has 20 heavy (non-hydrogen) atoms. The van der Waals surface area contributed by atoms with Crippen LogP contribution in [0.1, 0.15) is 38.2 Å². The Hall–Kier alpha value is -1.09. The van der Waals surface area contributed by atoms with Crippen LogP contribution in [0.3, 0.4) is 0 Å². The smallest absolute Gasteiger partial charge is 0.146 e. The quantitative estimate of drug-likeness (QED) is 0.814. The predicted octanol–water partition coefficient (Wildman–Crippen LogP) is 3.59. The Labute approximate surface area is 121 Å². The van der Waals surface area contributed by atoms with E-state index in [4.69, 9.17) is 0 Å². The van der Waals surface area contributed by atoms with E-state index in [0.29, 0.717) is 12.1 Å². The maximum Gasteiger partial charge on any atom is 0.146 e. The summed E-state index contributed by atoms with van der Waals surface area (Å²) in [5.41, 5.74) is 1.95. The monoisotopic (exact) mass is 276 g/mol. The van der Waals surface area contributed by atoms with Gasteiger partial charge in [0.25, 0.3) is 0 Å². The lowest BCUT2D eigenvalue weighted by atomic mass is 9.95. The SMILES string of the molecule is CCC1CN2CCCCC2CN1c1cc(C)ccc1F. The molecule has 3 heteroatoms. The number of aryl methyl sites for hydroxylation is 1. The topological polar surface area (TPSA) is 6.48 Å².